The van der Waals surface area contributed by atoms with Crippen LogP contribution in [-0.2, 0) is 25.6 Å². The van der Waals surface area contributed by atoms with E-state index in [0.29, 0.717) is 16.8 Å². The molecule has 2 aromatic rings. The van der Waals surface area contributed by atoms with E-state index < -0.39 is 70.1 Å². The van der Waals surface area contributed by atoms with Crippen LogP contribution in [0.25, 0.3) is 0 Å². The Labute approximate surface area is 236 Å². The number of hydrogen-bond donors (Lipinski definition) is 3. The molecule has 1 aromatic carbocycles. The van der Waals surface area contributed by atoms with E-state index in [4.69, 9.17) is 5.73 Å². The third kappa shape index (κ3) is 4.13. The quantitative estimate of drug-likeness (QED) is 0.336. The molecule has 2 saturated carbocycles. The van der Waals surface area contributed by atoms with E-state index >= 15 is 0 Å². The molecule has 0 aliphatic heterocycles. The van der Waals surface area contributed by atoms with Gasteiger partial charge in [-0.1, -0.05) is 11.8 Å². The Balaban J connectivity index is 1.65. The number of carbonyl (C=O) groups is 5. The topological polar surface area (TPSA) is 171 Å². The second-order valence-corrected chi connectivity index (χ2v) is 11.3. The van der Waals surface area contributed by atoms with Crippen LogP contribution in [0.5, 0.6) is 5.75 Å². The van der Waals surface area contributed by atoms with Gasteiger partial charge in [0.2, 0.25) is 5.91 Å². The average Bonchev–Trinajstić information content (AvgIpc) is 2.90. The number of phenols is 1. The van der Waals surface area contributed by atoms with Crippen molar-refractivity contribution in [1.82, 2.24) is 9.88 Å². The Morgan fingerprint density at radius 2 is 1.83 bits per heavy atom. The van der Waals surface area contributed by atoms with Gasteiger partial charge in [-0.3, -0.25) is 33.9 Å². The van der Waals surface area contributed by atoms with Crippen molar-refractivity contribution < 1.29 is 34.2 Å². The highest BCUT2D eigenvalue weighted by atomic mass is 16.3. The number of nitrogens with zero attached hydrogens (tertiary/aromatic N) is 3. The maximum Gasteiger partial charge on any atom is 0.235 e. The molecule has 11 nitrogen and oxygen atoms in total. The largest absolute Gasteiger partial charge is 0.506 e. The third-order valence-corrected chi connectivity index (χ3v) is 8.52. The molecule has 2 fully saturated rings. The van der Waals surface area contributed by atoms with Crippen LogP contribution in [0.15, 0.2) is 30.6 Å². The molecule has 11 heteroatoms. The molecule has 0 radical (unpaired) electrons. The van der Waals surface area contributed by atoms with Crippen molar-refractivity contribution in [3.63, 3.8) is 0 Å². The smallest absolute Gasteiger partial charge is 0.235 e. The standard InChI is InChI=1S/C30H30N4O7/c1-33(2)19-12-15(8-7-14-6-5-9-32-13-14)24(35)21-17(19)10-16-11-18-23(34(3)4)26(37)22(29(31)40)28(39)30(18,41)27(38)20(16)25(21)36/h5-6,9,12-13,16,18,20,22-23,35,41H,10-11H2,1-4H3,(H2,31,40)/t16-,18-,20?,22?,23-,30-/m1/s1. The second kappa shape index (κ2) is 9.90. The molecule has 1 amide bonds. The van der Waals surface area contributed by atoms with Crippen LogP contribution in [0.4, 0.5) is 5.69 Å². The van der Waals surface area contributed by atoms with Crippen LogP contribution in [-0.4, -0.2) is 89.0 Å². The number of Topliss-reactive ketones (excluding diaryl/α,β-unsaturated/α-hetero) is 4. The fraction of sp³-hybridized carbons (Fsp3) is 0.400. The molecule has 0 saturated heterocycles. The zero-order valence-corrected chi connectivity index (χ0v) is 23.0. The number of ketones is 4. The molecule has 2 unspecified atom stereocenters. The SMILES string of the molecule is CN(C)c1cc(C#Cc2cccnc2)c(O)c2c1C[C@@H]1C[C@@H]3[C@@H](N(C)C)C(=O)C(C(N)=O)C(=O)[C@]3(O)C(=O)C1C2=O. The summed E-state index contributed by atoms with van der Waals surface area (Å²) in [4.78, 5) is 74.1. The number of benzene rings is 1. The molecule has 3 aliphatic rings. The number of hydrogen-bond acceptors (Lipinski definition) is 10. The van der Waals surface area contributed by atoms with Gasteiger partial charge in [-0.25, -0.2) is 0 Å². The predicted molar refractivity (Wildman–Crippen MR) is 146 cm³/mol. The zero-order chi connectivity index (χ0) is 30.0. The van der Waals surface area contributed by atoms with Gasteiger partial charge in [0.1, 0.15) is 5.75 Å². The van der Waals surface area contributed by atoms with Crippen LogP contribution < -0.4 is 10.6 Å². The van der Waals surface area contributed by atoms with Gasteiger partial charge in [0.15, 0.2) is 34.7 Å². The fourth-order valence-electron chi connectivity index (χ4n) is 6.72. The molecule has 0 bridgehead atoms. The highest BCUT2D eigenvalue weighted by Gasteiger charge is 2.69. The lowest BCUT2D eigenvalue weighted by Gasteiger charge is -2.52. The van der Waals surface area contributed by atoms with Crippen molar-refractivity contribution in [3.8, 4) is 17.6 Å². The number of phenolic OH excluding ortho intramolecular Hbond substituents is 1. The lowest BCUT2D eigenvalue weighted by atomic mass is 9.52. The van der Waals surface area contributed by atoms with Gasteiger partial charge in [-0.05, 0) is 56.6 Å². The Bertz CT molecular complexity index is 1570. The number of likely N-dealkylation sites (N-methyl/N-ethyl adjacent to an activating group) is 1. The van der Waals surface area contributed by atoms with Gasteiger partial charge >= 0.3 is 0 Å². The Hall–Kier alpha value is -4.40. The maximum absolute atomic E-state index is 14.1. The Morgan fingerprint density at radius 1 is 1.12 bits per heavy atom. The van der Waals surface area contributed by atoms with Crippen molar-refractivity contribution in [2.75, 3.05) is 33.1 Å². The number of aliphatic hydroxyl groups is 1. The number of nitrogens with two attached hydrogens (primary N) is 1. The lowest BCUT2D eigenvalue weighted by Crippen LogP contribution is -2.74. The van der Waals surface area contributed by atoms with Crippen molar-refractivity contribution in [2.24, 2.45) is 29.4 Å². The molecule has 0 spiro atoms. The summed E-state index contributed by atoms with van der Waals surface area (Å²) in [6.45, 7) is 0. The van der Waals surface area contributed by atoms with Gasteiger partial charge in [-0.2, -0.15) is 0 Å². The van der Waals surface area contributed by atoms with E-state index in [1.807, 2.05) is 0 Å². The minimum absolute atomic E-state index is 0.0138. The first-order chi connectivity index (χ1) is 19.3. The summed E-state index contributed by atoms with van der Waals surface area (Å²) in [5, 5.41) is 23.0. The van der Waals surface area contributed by atoms with Crippen LogP contribution >= 0.6 is 0 Å². The second-order valence-electron chi connectivity index (χ2n) is 11.3. The van der Waals surface area contributed by atoms with Gasteiger partial charge in [0.05, 0.1) is 23.1 Å². The Kier molecular flexibility index (Phi) is 6.80. The zero-order valence-electron chi connectivity index (χ0n) is 23.0. The van der Waals surface area contributed by atoms with Gasteiger partial charge in [-0.15, -0.1) is 0 Å². The predicted octanol–water partition coefficient (Wildman–Crippen LogP) is -0.272. The Morgan fingerprint density at radius 3 is 2.41 bits per heavy atom. The lowest BCUT2D eigenvalue weighted by molar-refractivity contribution is -0.181. The molecule has 1 heterocycles. The first-order valence-electron chi connectivity index (χ1n) is 13.1. The van der Waals surface area contributed by atoms with E-state index in [-0.39, 0.29) is 24.0 Å². The molecular formula is C30H30N4O7. The van der Waals surface area contributed by atoms with E-state index in [1.54, 1.807) is 63.7 Å². The number of rotatable bonds is 3. The average molecular weight is 559 g/mol. The molecule has 1 aromatic heterocycles. The number of fused-ring (bicyclic) bond motifs is 3. The summed E-state index contributed by atoms with van der Waals surface area (Å²) in [6, 6.07) is 3.97. The number of aromatic nitrogens is 1. The summed E-state index contributed by atoms with van der Waals surface area (Å²) in [7, 11) is 6.64. The number of carbonyl (C=O) groups excluding carboxylic acids is 5. The summed E-state index contributed by atoms with van der Waals surface area (Å²) >= 11 is 0. The summed E-state index contributed by atoms with van der Waals surface area (Å²) in [6.07, 6.45) is 3.30. The summed E-state index contributed by atoms with van der Waals surface area (Å²) in [5.74, 6) is -5.12. The van der Waals surface area contributed by atoms with Crippen molar-refractivity contribution in [1.29, 1.82) is 0 Å². The summed E-state index contributed by atoms with van der Waals surface area (Å²) in [5.41, 5.74) is 4.36. The van der Waals surface area contributed by atoms with Crippen LogP contribution in [0.1, 0.15) is 33.5 Å². The van der Waals surface area contributed by atoms with Gasteiger partial charge in [0, 0.05) is 43.7 Å². The number of pyridine rings is 1. The van der Waals surface area contributed by atoms with Crippen molar-refractivity contribution in [3.05, 3.63) is 52.8 Å². The van der Waals surface area contributed by atoms with Crippen LogP contribution in [0.2, 0.25) is 0 Å². The first kappa shape index (κ1) is 28.1. The highest BCUT2D eigenvalue weighted by Crippen LogP contribution is 2.52. The molecule has 41 heavy (non-hydrogen) atoms. The molecule has 3 aliphatic carbocycles. The highest BCUT2D eigenvalue weighted by molar-refractivity contribution is 6.32. The number of aromatic hydroxyl groups is 1. The van der Waals surface area contributed by atoms with E-state index in [9.17, 15) is 34.2 Å². The van der Waals surface area contributed by atoms with Crippen molar-refractivity contribution >= 4 is 34.7 Å². The fourth-order valence-corrected chi connectivity index (χ4v) is 6.72. The number of anilines is 1. The van der Waals surface area contributed by atoms with E-state index in [1.165, 1.54) is 4.90 Å². The first-order valence-corrected chi connectivity index (χ1v) is 13.1. The van der Waals surface area contributed by atoms with E-state index in [2.05, 4.69) is 16.8 Å². The van der Waals surface area contributed by atoms with Gasteiger partial charge in [0.25, 0.3) is 0 Å². The van der Waals surface area contributed by atoms with Gasteiger partial charge < -0.3 is 20.8 Å². The van der Waals surface area contributed by atoms with Crippen LogP contribution in [0, 0.1) is 35.5 Å². The summed E-state index contributed by atoms with van der Waals surface area (Å²) < 4.78 is 0. The monoisotopic (exact) mass is 558 g/mol. The van der Waals surface area contributed by atoms with Crippen molar-refractivity contribution in [2.45, 2.75) is 24.5 Å². The van der Waals surface area contributed by atoms with E-state index in [0.717, 1.165) is 0 Å². The molecule has 5 rings (SSSR count). The molecular weight excluding hydrogens is 528 g/mol. The van der Waals surface area contributed by atoms with Crippen LogP contribution in [0.3, 0.4) is 0 Å². The molecule has 212 valence electrons. The number of amides is 1. The minimum Gasteiger partial charge on any atom is -0.506 e. The molecule has 4 N–H and O–H groups in total. The molecule has 6 atom stereocenters. The number of primary amides is 1. The maximum atomic E-state index is 14.1. The third-order valence-electron chi connectivity index (χ3n) is 8.52. The normalized spacial score (nSPS) is 28.8. The minimum atomic E-state index is -2.77.